The Morgan fingerprint density at radius 2 is 1.97 bits per heavy atom. The fourth-order valence-electron chi connectivity index (χ4n) is 4.64. The Balaban J connectivity index is 1.11. The van der Waals surface area contributed by atoms with Crippen molar-refractivity contribution in [2.45, 2.75) is 32.1 Å². The number of H-pyrrole nitrogens is 1. The SMILES string of the molecule is Cc1cc(=O)[nH]c2cc(OCCCN3CCC(c4noc5cc(F)ccc45)CC3)ccc12. The third-order valence-electron chi connectivity index (χ3n) is 6.34. The first-order chi connectivity index (χ1) is 15.6. The van der Waals surface area contributed by atoms with Gasteiger partial charge in [0, 0.05) is 41.4 Å². The molecule has 3 heterocycles. The van der Waals surface area contributed by atoms with Crippen molar-refractivity contribution in [2.75, 3.05) is 26.2 Å². The molecule has 7 heteroatoms. The summed E-state index contributed by atoms with van der Waals surface area (Å²) in [6, 6.07) is 12.1. The maximum atomic E-state index is 13.4. The molecule has 0 saturated carbocycles. The van der Waals surface area contributed by atoms with Crippen LogP contribution < -0.4 is 10.3 Å². The molecule has 0 bridgehead atoms. The lowest BCUT2D eigenvalue weighted by Gasteiger charge is -2.31. The van der Waals surface area contributed by atoms with E-state index in [2.05, 4.69) is 15.0 Å². The maximum Gasteiger partial charge on any atom is 0.248 e. The van der Waals surface area contributed by atoms with Crippen molar-refractivity contribution in [3.63, 3.8) is 0 Å². The summed E-state index contributed by atoms with van der Waals surface area (Å²) in [6.07, 6.45) is 2.95. The number of aryl methyl sites for hydroxylation is 1. The van der Waals surface area contributed by atoms with Gasteiger partial charge in [0.2, 0.25) is 5.56 Å². The van der Waals surface area contributed by atoms with Crippen LogP contribution in [-0.4, -0.2) is 41.3 Å². The molecule has 0 aliphatic carbocycles. The number of piperidine rings is 1. The third-order valence-corrected chi connectivity index (χ3v) is 6.34. The lowest BCUT2D eigenvalue weighted by Crippen LogP contribution is -2.34. The average Bonchev–Trinajstić information content (AvgIpc) is 3.20. The van der Waals surface area contributed by atoms with Crippen LogP contribution in [0.3, 0.4) is 0 Å². The molecule has 166 valence electrons. The third kappa shape index (κ3) is 4.25. The van der Waals surface area contributed by atoms with E-state index >= 15 is 0 Å². The molecule has 2 aromatic heterocycles. The first kappa shape index (κ1) is 20.7. The van der Waals surface area contributed by atoms with Crippen molar-refractivity contribution in [1.82, 2.24) is 15.0 Å². The highest BCUT2D eigenvalue weighted by molar-refractivity contribution is 5.83. The van der Waals surface area contributed by atoms with Gasteiger partial charge in [-0.25, -0.2) is 4.39 Å². The second-order valence-corrected chi connectivity index (χ2v) is 8.55. The highest BCUT2D eigenvalue weighted by Gasteiger charge is 2.25. The molecule has 1 aliphatic heterocycles. The zero-order valence-corrected chi connectivity index (χ0v) is 18.1. The number of nitrogens with one attached hydrogen (secondary N) is 1. The highest BCUT2D eigenvalue weighted by Crippen LogP contribution is 2.32. The molecule has 1 saturated heterocycles. The summed E-state index contributed by atoms with van der Waals surface area (Å²) >= 11 is 0. The number of benzene rings is 2. The Hall–Kier alpha value is -3.19. The summed E-state index contributed by atoms with van der Waals surface area (Å²) in [5.74, 6) is 0.813. The molecule has 1 fully saturated rings. The van der Waals surface area contributed by atoms with Crippen molar-refractivity contribution in [2.24, 2.45) is 0 Å². The van der Waals surface area contributed by atoms with Crippen LogP contribution in [-0.2, 0) is 0 Å². The van der Waals surface area contributed by atoms with Gasteiger partial charge in [0.05, 0.1) is 17.8 Å². The number of aromatic amines is 1. The number of rotatable bonds is 6. The van der Waals surface area contributed by atoms with Crippen molar-refractivity contribution >= 4 is 21.9 Å². The van der Waals surface area contributed by atoms with Gasteiger partial charge in [0.15, 0.2) is 5.58 Å². The number of nitrogens with zero attached hydrogens (tertiary/aromatic N) is 2. The van der Waals surface area contributed by atoms with Crippen molar-refractivity contribution in [3.8, 4) is 5.75 Å². The molecule has 0 spiro atoms. The average molecular weight is 435 g/mol. The Bertz CT molecular complexity index is 1310. The second-order valence-electron chi connectivity index (χ2n) is 8.55. The fourth-order valence-corrected chi connectivity index (χ4v) is 4.64. The molecular formula is C25H26FN3O3. The van der Waals surface area contributed by atoms with Crippen molar-refractivity contribution in [1.29, 1.82) is 0 Å². The highest BCUT2D eigenvalue weighted by atomic mass is 19.1. The molecule has 6 nitrogen and oxygen atoms in total. The van der Waals surface area contributed by atoms with Gasteiger partial charge in [-0.1, -0.05) is 5.16 Å². The zero-order chi connectivity index (χ0) is 22.1. The summed E-state index contributed by atoms with van der Waals surface area (Å²) in [7, 11) is 0. The molecule has 1 aliphatic rings. The standard InChI is InChI=1S/C25H26FN3O3/c1-16-13-24(30)27-22-15-19(4-6-20(16)22)31-12-2-9-29-10-7-17(8-11-29)25-21-5-3-18(26)14-23(21)32-28-25/h3-6,13-15,17H,2,7-12H2,1H3,(H,27,30). The van der Waals surface area contributed by atoms with Crippen LogP contribution in [0, 0.1) is 12.7 Å². The zero-order valence-electron chi connectivity index (χ0n) is 18.1. The fraction of sp³-hybridized carbons (Fsp3) is 0.360. The number of likely N-dealkylation sites (tertiary alicyclic amines) is 1. The predicted octanol–water partition coefficient (Wildman–Crippen LogP) is 4.77. The largest absolute Gasteiger partial charge is 0.493 e. The Kier molecular flexibility index (Phi) is 5.66. The minimum atomic E-state index is -0.302. The van der Waals surface area contributed by atoms with E-state index in [4.69, 9.17) is 9.26 Å². The van der Waals surface area contributed by atoms with Gasteiger partial charge in [-0.2, -0.15) is 0 Å². The molecule has 0 radical (unpaired) electrons. The van der Waals surface area contributed by atoms with E-state index < -0.39 is 0 Å². The predicted molar refractivity (Wildman–Crippen MR) is 122 cm³/mol. The summed E-state index contributed by atoms with van der Waals surface area (Å²) in [5.41, 5.74) is 3.14. The van der Waals surface area contributed by atoms with E-state index in [9.17, 15) is 9.18 Å². The quantitative estimate of drug-likeness (QED) is 0.442. The summed E-state index contributed by atoms with van der Waals surface area (Å²) in [4.78, 5) is 17.0. The topological polar surface area (TPSA) is 71.4 Å². The van der Waals surface area contributed by atoms with Gasteiger partial charge >= 0.3 is 0 Å². The summed E-state index contributed by atoms with van der Waals surface area (Å²) < 4.78 is 24.6. The minimum Gasteiger partial charge on any atom is -0.493 e. The van der Waals surface area contributed by atoms with E-state index in [0.717, 1.165) is 72.2 Å². The number of hydrogen-bond acceptors (Lipinski definition) is 5. The first-order valence-electron chi connectivity index (χ1n) is 11.1. The molecule has 4 aromatic rings. The van der Waals surface area contributed by atoms with Crippen LogP contribution in [0.2, 0.25) is 0 Å². The van der Waals surface area contributed by atoms with Gasteiger partial charge in [0.1, 0.15) is 11.6 Å². The second kappa shape index (κ2) is 8.74. The van der Waals surface area contributed by atoms with E-state index in [-0.39, 0.29) is 11.4 Å². The first-order valence-corrected chi connectivity index (χ1v) is 11.1. The summed E-state index contributed by atoms with van der Waals surface area (Å²) in [5, 5.41) is 6.18. The molecular weight excluding hydrogens is 409 g/mol. The Morgan fingerprint density at radius 1 is 1.16 bits per heavy atom. The smallest absolute Gasteiger partial charge is 0.248 e. The Labute approximate surface area is 185 Å². The van der Waals surface area contributed by atoms with Crippen LogP contribution >= 0.6 is 0 Å². The van der Waals surface area contributed by atoms with Crippen LogP contribution in [0.15, 0.2) is 51.8 Å². The van der Waals surface area contributed by atoms with Crippen LogP contribution in [0.1, 0.15) is 36.4 Å². The number of halogens is 1. The van der Waals surface area contributed by atoms with Gasteiger partial charge < -0.3 is 19.1 Å². The number of fused-ring (bicyclic) bond motifs is 2. The van der Waals surface area contributed by atoms with Crippen molar-refractivity contribution < 1.29 is 13.7 Å². The number of pyridine rings is 1. The molecule has 0 amide bonds. The minimum absolute atomic E-state index is 0.0960. The molecule has 5 rings (SSSR count). The molecule has 0 unspecified atom stereocenters. The van der Waals surface area contributed by atoms with Gasteiger partial charge in [-0.3, -0.25) is 4.79 Å². The summed E-state index contributed by atoms with van der Waals surface area (Å²) in [6.45, 7) is 5.53. The maximum absolute atomic E-state index is 13.4. The van der Waals surface area contributed by atoms with E-state index in [1.165, 1.54) is 12.1 Å². The lowest BCUT2D eigenvalue weighted by molar-refractivity contribution is 0.191. The van der Waals surface area contributed by atoms with Crippen molar-refractivity contribution in [3.05, 3.63) is 69.9 Å². The van der Waals surface area contributed by atoms with Crippen LogP contribution in [0.4, 0.5) is 4.39 Å². The van der Waals surface area contributed by atoms with Gasteiger partial charge in [0.25, 0.3) is 0 Å². The number of aromatic nitrogens is 2. The Morgan fingerprint density at radius 3 is 2.81 bits per heavy atom. The van der Waals surface area contributed by atoms with Gasteiger partial charge in [-0.05, 0) is 69.1 Å². The van der Waals surface area contributed by atoms with Gasteiger partial charge in [-0.15, -0.1) is 0 Å². The van der Waals surface area contributed by atoms with Crippen LogP contribution in [0.5, 0.6) is 5.75 Å². The number of ether oxygens (including phenoxy) is 1. The number of hydrogen-bond donors (Lipinski definition) is 1. The molecule has 32 heavy (non-hydrogen) atoms. The molecule has 0 atom stereocenters. The normalized spacial score (nSPS) is 15.6. The molecule has 2 aromatic carbocycles. The van der Waals surface area contributed by atoms with E-state index in [0.29, 0.717) is 18.1 Å². The van der Waals surface area contributed by atoms with E-state index in [1.807, 2.05) is 25.1 Å². The van der Waals surface area contributed by atoms with E-state index in [1.54, 1.807) is 12.1 Å². The monoisotopic (exact) mass is 435 g/mol. The molecule has 1 N–H and O–H groups in total. The lowest BCUT2D eigenvalue weighted by atomic mass is 9.91. The van der Waals surface area contributed by atoms with Crippen LogP contribution in [0.25, 0.3) is 21.9 Å².